The second kappa shape index (κ2) is 9.17. The Morgan fingerprint density at radius 2 is 1.82 bits per heavy atom. The van der Waals surface area contributed by atoms with Crippen LogP contribution in [-0.4, -0.2) is 34.3 Å². The predicted molar refractivity (Wildman–Crippen MR) is 113 cm³/mol. The topological polar surface area (TPSA) is 67.1 Å². The molecule has 1 heterocycles. The summed E-state index contributed by atoms with van der Waals surface area (Å²) < 4.78 is 1.82. The van der Waals surface area contributed by atoms with E-state index in [4.69, 9.17) is 0 Å². The molecule has 0 aliphatic rings. The summed E-state index contributed by atoms with van der Waals surface area (Å²) in [4.78, 5) is 8.34. The minimum Gasteiger partial charge on any atom is -0.356 e. The average molecular weight is 377 g/mol. The fourth-order valence-corrected chi connectivity index (χ4v) is 3.04. The van der Waals surface area contributed by atoms with Crippen LogP contribution in [0.15, 0.2) is 72.2 Å². The van der Waals surface area contributed by atoms with Crippen LogP contribution in [0, 0.1) is 0 Å². The van der Waals surface area contributed by atoms with Gasteiger partial charge in [-0.05, 0) is 16.7 Å². The Morgan fingerprint density at radius 3 is 2.54 bits per heavy atom. The minimum absolute atomic E-state index is 0.0105. The first-order valence-corrected chi connectivity index (χ1v) is 9.47. The third kappa shape index (κ3) is 5.42. The summed E-state index contributed by atoms with van der Waals surface area (Å²) in [6.07, 6.45) is 3.28. The molecule has 2 N–H and O–H groups in total. The first kappa shape index (κ1) is 19.6. The summed E-state index contributed by atoms with van der Waals surface area (Å²) in [6, 6.07) is 19.0. The van der Waals surface area contributed by atoms with E-state index in [0.29, 0.717) is 13.1 Å². The van der Waals surface area contributed by atoms with Crippen molar-refractivity contribution in [3.05, 3.63) is 83.9 Å². The molecule has 6 heteroatoms. The highest BCUT2D eigenvalue weighted by Crippen LogP contribution is 2.21. The Labute approximate surface area is 166 Å². The number of benzene rings is 2. The van der Waals surface area contributed by atoms with Gasteiger partial charge in [0.1, 0.15) is 12.7 Å². The summed E-state index contributed by atoms with van der Waals surface area (Å²) >= 11 is 0. The van der Waals surface area contributed by atoms with Crippen LogP contribution in [0.4, 0.5) is 0 Å². The molecule has 0 amide bonds. The van der Waals surface area contributed by atoms with Crippen LogP contribution >= 0.6 is 0 Å². The molecule has 0 bridgehead atoms. The summed E-state index contributed by atoms with van der Waals surface area (Å²) in [5, 5.41) is 11.0. The van der Waals surface area contributed by atoms with E-state index in [1.807, 2.05) is 10.7 Å². The molecule has 0 atom stereocenters. The first-order valence-electron chi connectivity index (χ1n) is 9.47. The number of aromatic nitrogens is 3. The molecule has 146 valence electrons. The van der Waals surface area contributed by atoms with Crippen molar-refractivity contribution >= 4 is 5.96 Å². The van der Waals surface area contributed by atoms with E-state index in [-0.39, 0.29) is 5.41 Å². The van der Waals surface area contributed by atoms with E-state index in [0.717, 1.165) is 12.5 Å². The number of hydrogen-bond acceptors (Lipinski definition) is 3. The van der Waals surface area contributed by atoms with Crippen LogP contribution in [-0.2, 0) is 18.5 Å². The van der Waals surface area contributed by atoms with Crippen molar-refractivity contribution in [1.82, 2.24) is 25.4 Å². The van der Waals surface area contributed by atoms with Crippen molar-refractivity contribution in [2.45, 2.75) is 32.4 Å². The number of rotatable bonds is 7. The summed E-state index contributed by atoms with van der Waals surface area (Å²) in [5.74, 6) is 0.797. The third-order valence-corrected chi connectivity index (χ3v) is 4.74. The highest BCUT2D eigenvalue weighted by molar-refractivity contribution is 5.79. The molecule has 0 spiro atoms. The molecule has 1 aromatic heterocycles. The molecule has 0 saturated carbocycles. The summed E-state index contributed by atoms with van der Waals surface area (Å²) in [6.45, 7) is 6.68. The fourth-order valence-electron chi connectivity index (χ4n) is 3.04. The Balaban J connectivity index is 1.54. The maximum atomic E-state index is 4.36. The Hall–Kier alpha value is -3.15. The van der Waals surface area contributed by atoms with Crippen molar-refractivity contribution < 1.29 is 0 Å². The largest absolute Gasteiger partial charge is 0.356 e. The number of hydrogen-bond donors (Lipinski definition) is 2. The van der Waals surface area contributed by atoms with E-state index in [2.05, 4.69) is 88.1 Å². The second-order valence-corrected chi connectivity index (χ2v) is 7.44. The second-order valence-electron chi connectivity index (χ2n) is 7.44. The lowest BCUT2D eigenvalue weighted by Crippen LogP contribution is -2.43. The van der Waals surface area contributed by atoms with E-state index >= 15 is 0 Å². The van der Waals surface area contributed by atoms with Gasteiger partial charge in [-0.15, -0.1) is 0 Å². The number of guanidine groups is 1. The van der Waals surface area contributed by atoms with Gasteiger partial charge in [-0.25, -0.2) is 9.67 Å². The van der Waals surface area contributed by atoms with E-state index in [1.54, 1.807) is 19.7 Å². The smallest absolute Gasteiger partial charge is 0.191 e. The van der Waals surface area contributed by atoms with Gasteiger partial charge >= 0.3 is 0 Å². The predicted octanol–water partition coefficient (Wildman–Crippen LogP) is 2.97. The molecule has 3 rings (SSSR count). The number of nitrogens with zero attached hydrogens (tertiary/aromatic N) is 4. The van der Waals surface area contributed by atoms with Crippen LogP contribution in [0.25, 0.3) is 0 Å². The molecule has 2 aromatic carbocycles. The van der Waals surface area contributed by atoms with Crippen molar-refractivity contribution in [2.75, 3.05) is 13.6 Å². The molecule has 0 radical (unpaired) electrons. The zero-order valence-electron chi connectivity index (χ0n) is 16.8. The molecule has 0 fully saturated rings. The van der Waals surface area contributed by atoms with Gasteiger partial charge in [0.2, 0.25) is 0 Å². The molecule has 0 aliphatic heterocycles. The molecule has 0 unspecified atom stereocenters. The Morgan fingerprint density at radius 1 is 1.04 bits per heavy atom. The van der Waals surface area contributed by atoms with Gasteiger partial charge in [0.05, 0.1) is 6.54 Å². The molecule has 3 aromatic rings. The van der Waals surface area contributed by atoms with Crippen LogP contribution in [0.5, 0.6) is 0 Å². The van der Waals surface area contributed by atoms with Crippen molar-refractivity contribution in [1.29, 1.82) is 0 Å². The lowest BCUT2D eigenvalue weighted by Gasteiger charge is -2.26. The SMILES string of the molecule is CN=C(NCc1cccc(Cn2cncn2)c1)NCC(C)(C)c1ccccc1. The third-order valence-electron chi connectivity index (χ3n) is 4.74. The van der Waals surface area contributed by atoms with E-state index in [1.165, 1.54) is 16.7 Å². The van der Waals surface area contributed by atoms with Crippen LogP contribution in [0.3, 0.4) is 0 Å². The monoisotopic (exact) mass is 376 g/mol. The minimum atomic E-state index is 0.0105. The van der Waals surface area contributed by atoms with Crippen LogP contribution < -0.4 is 10.6 Å². The molecule has 28 heavy (non-hydrogen) atoms. The Kier molecular flexibility index (Phi) is 6.42. The zero-order chi connectivity index (χ0) is 19.8. The van der Waals surface area contributed by atoms with Crippen molar-refractivity contribution in [3.8, 4) is 0 Å². The standard InChI is InChI=1S/C22H28N6/c1-22(2,20-10-5-4-6-11-20)15-26-21(23-3)25-13-18-8-7-9-19(12-18)14-28-17-24-16-27-28/h4-12,16-17H,13-15H2,1-3H3,(H2,23,25,26). The maximum Gasteiger partial charge on any atom is 0.191 e. The zero-order valence-corrected chi connectivity index (χ0v) is 16.8. The highest BCUT2D eigenvalue weighted by Gasteiger charge is 2.20. The number of aliphatic imine (C=N–C) groups is 1. The van der Waals surface area contributed by atoms with Gasteiger partial charge in [0.25, 0.3) is 0 Å². The molecule has 6 nitrogen and oxygen atoms in total. The van der Waals surface area contributed by atoms with Crippen molar-refractivity contribution in [3.63, 3.8) is 0 Å². The normalized spacial score (nSPS) is 12.0. The van der Waals surface area contributed by atoms with Gasteiger partial charge in [0, 0.05) is 25.6 Å². The van der Waals surface area contributed by atoms with Crippen LogP contribution in [0.2, 0.25) is 0 Å². The van der Waals surface area contributed by atoms with Gasteiger partial charge in [-0.1, -0.05) is 68.4 Å². The average Bonchev–Trinajstić information content (AvgIpc) is 3.22. The van der Waals surface area contributed by atoms with Gasteiger partial charge in [-0.2, -0.15) is 5.10 Å². The fraction of sp³-hybridized carbons (Fsp3) is 0.318. The number of nitrogens with one attached hydrogen (secondary N) is 2. The molecular formula is C22H28N6. The summed E-state index contributed by atoms with van der Waals surface area (Å²) in [5.41, 5.74) is 3.70. The van der Waals surface area contributed by atoms with Crippen LogP contribution in [0.1, 0.15) is 30.5 Å². The quantitative estimate of drug-likeness (QED) is 0.491. The molecule has 0 saturated heterocycles. The summed E-state index contributed by atoms with van der Waals surface area (Å²) in [7, 11) is 1.80. The van der Waals surface area contributed by atoms with Crippen molar-refractivity contribution in [2.24, 2.45) is 4.99 Å². The Bertz CT molecular complexity index is 884. The van der Waals surface area contributed by atoms with E-state index < -0.39 is 0 Å². The maximum absolute atomic E-state index is 4.36. The lowest BCUT2D eigenvalue weighted by atomic mass is 9.85. The molecular weight excluding hydrogens is 348 g/mol. The first-order chi connectivity index (χ1) is 13.6. The highest BCUT2D eigenvalue weighted by atomic mass is 15.3. The van der Waals surface area contributed by atoms with E-state index in [9.17, 15) is 0 Å². The van der Waals surface area contributed by atoms with Gasteiger partial charge < -0.3 is 10.6 Å². The van der Waals surface area contributed by atoms with Gasteiger partial charge in [-0.3, -0.25) is 4.99 Å². The van der Waals surface area contributed by atoms with Gasteiger partial charge in [0.15, 0.2) is 5.96 Å². The lowest BCUT2D eigenvalue weighted by molar-refractivity contribution is 0.508. The molecule has 0 aliphatic carbocycles.